The highest BCUT2D eigenvalue weighted by atomic mass is 35.5. The number of hydrogen-bond acceptors (Lipinski definition) is 6. The molecule has 0 spiro atoms. The first-order chi connectivity index (χ1) is 11.3. The Morgan fingerprint density at radius 2 is 1.92 bits per heavy atom. The fourth-order valence-electron chi connectivity index (χ4n) is 1.60. The molecule has 1 amide bonds. The molecule has 1 aromatic heterocycles. The predicted octanol–water partition coefficient (Wildman–Crippen LogP) is 2.96. The molecule has 1 N–H and O–H groups in total. The Bertz CT molecular complexity index is 748. The van der Waals surface area contributed by atoms with Gasteiger partial charge in [0.1, 0.15) is 12.7 Å². The summed E-state index contributed by atoms with van der Waals surface area (Å²) in [6, 6.07) is 6.44. The number of ketones is 1. The summed E-state index contributed by atoms with van der Waals surface area (Å²) in [5.74, 6) is -0.501. The predicted molar refractivity (Wildman–Crippen MR) is 88.9 cm³/mol. The van der Waals surface area contributed by atoms with Gasteiger partial charge in [0.05, 0.1) is 0 Å². The summed E-state index contributed by atoms with van der Waals surface area (Å²) < 4.78 is 1.14. The standard InChI is InChI=1S/C15H16ClN5O3/c1-15(2,3)12(22)13(21-9-17-8-18-21)20-24-14(23)19-11-6-4-10(16)5-7-11/h4-9H,1-3H3,(H,19,23). The monoisotopic (exact) mass is 349 g/mol. The number of carbonyl (C=O) groups excluding carboxylic acids is 2. The molecule has 1 aromatic carbocycles. The van der Waals surface area contributed by atoms with Gasteiger partial charge in [0.25, 0.3) is 0 Å². The van der Waals surface area contributed by atoms with Crippen LogP contribution in [-0.2, 0) is 9.63 Å². The first kappa shape index (κ1) is 17.6. The van der Waals surface area contributed by atoms with Crippen LogP contribution in [0.15, 0.2) is 42.1 Å². The topological polar surface area (TPSA) is 98.5 Å². The van der Waals surface area contributed by atoms with E-state index < -0.39 is 11.5 Å². The largest absolute Gasteiger partial charge is 0.437 e. The third kappa shape index (κ3) is 4.63. The molecule has 8 nitrogen and oxygen atoms in total. The first-order valence-electron chi connectivity index (χ1n) is 6.99. The minimum Gasteiger partial charge on any atom is -0.295 e. The van der Waals surface area contributed by atoms with Gasteiger partial charge in [-0.2, -0.15) is 9.78 Å². The lowest BCUT2D eigenvalue weighted by atomic mass is 9.90. The van der Waals surface area contributed by atoms with Gasteiger partial charge < -0.3 is 0 Å². The Morgan fingerprint density at radius 3 is 2.46 bits per heavy atom. The van der Waals surface area contributed by atoms with E-state index in [1.807, 2.05) is 0 Å². The lowest BCUT2D eigenvalue weighted by Crippen LogP contribution is -2.34. The SMILES string of the molecule is CC(C)(C)C(=O)C(=NOC(=O)Nc1ccc(Cl)cc1)n1cncn1. The van der Waals surface area contributed by atoms with Crippen molar-refractivity contribution in [1.82, 2.24) is 14.8 Å². The second-order valence-electron chi connectivity index (χ2n) is 5.84. The molecule has 0 unspecified atom stereocenters. The van der Waals surface area contributed by atoms with E-state index in [0.717, 1.165) is 4.68 Å². The van der Waals surface area contributed by atoms with Crippen molar-refractivity contribution in [3.8, 4) is 0 Å². The molecule has 0 aliphatic heterocycles. The third-order valence-electron chi connectivity index (χ3n) is 2.83. The van der Waals surface area contributed by atoms with Crippen LogP contribution in [0.5, 0.6) is 0 Å². The number of hydrogen-bond donors (Lipinski definition) is 1. The summed E-state index contributed by atoms with van der Waals surface area (Å²) in [5, 5.41) is 10.5. The number of Topliss-reactive ketones (excluding diaryl/α,β-unsaturated/α-hetero) is 1. The van der Waals surface area contributed by atoms with Crippen LogP contribution in [0.2, 0.25) is 5.02 Å². The van der Waals surface area contributed by atoms with Crippen molar-refractivity contribution in [2.75, 3.05) is 5.32 Å². The Balaban J connectivity index is 2.14. The van der Waals surface area contributed by atoms with Crippen LogP contribution in [0.25, 0.3) is 0 Å². The van der Waals surface area contributed by atoms with Crippen LogP contribution in [0.4, 0.5) is 10.5 Å². The van der Waals surface area contributed by atoms with Crippen molar-refractivity contribution in [2.45, 2.75) is 20.8 Å². The molecule has 2 rings (SSSR count). The molecule has 24 heavy (non-hydrogen) atoms. The smallest absolute Gasteiger partial charge is 0.295 e. The number of carbonyl (C=O) groups is 2. The van der Waals surface area contributed by atoms with Gasteiger partial charge in [-0.25, -0.2) is 9.78 Å². The number of nitrogens with one attached hydrogen (secondary N) is 1. The maximum absolute atomic E-state index is 12.4. The number of halogens is 1. The summed E-state index contributed by atoms with van der Waals surface area (Å²) in [5.41, 5.74) is -0.259. The summed E-state index contributed by atoms with van der Waals surface area (Å²) in [6.07, 6.45) is 1.69. The van der Waals surface area contributed by atoms with Gasteiger partial charge in [0.15, 0.2) is 0 Å². The van der Waals surface area contributed by atoms with Gasteiger partial charge >= 0.3 is 6.09 Å². The van der Waals surface area contributed by atoms with E-state index in [1.165, 1.54) is 12.7 Å². The molecule has 0 atom stereocenters. The van der Waals surface area contributed by atoms with Gasteiger partial charge in [-0.15, -0.1) is 0 Å². The van der Waals surface area contributed by atoms with Crippen molar-refractivity contribution in [1.29, 1.82) is 0 Å². The number of benzene rings is 1. The molecule has 2 aromatic rings. The van der Waals surface area contributed by atoms with Gasteiger partial charge in [-0.3, -0.25) is 14.9 Å². The Kier molecular flexibility index (Phi) is 5.30. The molecule has 0 saturated heterocycles. The Hall–Kier alpha value is -2.74. The zero-order valence-electron chi connectivity index (χ0n) is 13.4. The Labute approximate surface area is 143 Å². The average Bonchev–Trinajstić information content (AvgIpc) is 3.03. The van der Waals surface area contributed by atoms with Crippen LogP contribution in [0.3, 0.4) is 0 Å². The van der Waals surface area contributed by atoms with Crippen LogP contribution in [0, 0.1) is 5.41 Å². The number of amides is 1. The average molecular weight is 350 g/mol. The number of oxime groups is 1. The van der Waals surface area contributed by atoms with E-state index in [9.17, 15) is 9.59 Å². The zero-order valence-corrected chi connectivity index (χ0v) is 14.1. The highest BCUT2D eigenvalue weighted by Gasteiger charge is 2.29. The summed E-state index contributed by atoms with van der Waals surface area (Å²) in [6.45, 7) is 5.15. The molecule has 0 fully saturated rings. The van der Waals surface area contributed by atoms with E-state index in [0.29, 0.717) is 10.7 Å². The van der Waals surface area contributed by atoms with Crippen LogP contribution < -0.4 is 5.32 Å². The normalized spacial score (nSPS) is 11.9. The number of rotatable bonds is 3. The number of anilines is 1. The fourth-order valence-corrected chi connectivity index (χ4v) is 1.72. The summed E-state index contributed by atoms with van der Waals surface area (Å²) >= 11 is 5.77. The molecule has 0 aliphatic rings. The summed E-state index contributed by atoms with van der Waals surface area (Å²) in [4.78, 5) is 32.8. The van der Waals surface area contributed by atoms with Crippen LogP contribution in [-0.4, -0.2) is 32.5 Å². The van der Waals surface area contributed by atoms with Crippen molar-refractivity contribution in [3.05, 3.63) is 41.9 Å². The van der Waals surface area contributed by atoms with E-state index >= 15 is 0 Å². The van der Waals surface area contributed by atoms with Crippen molar-refractivity contribution < 1.29 is 14.4 Å². The lowest BCUT2D eigenvalue weighted by molar-refractivity contribution is -0.120. The molecule has 126 valence electrons. The molecule has 0 radical (unpaired) electrons. The minimum atomic E-state index is -0.850. The van der Waals surface area contributed by atoms with Gasteiger partial charge in [-0.1, -0.05) is 32.4 Å². The van der Waals surface area contributed by atoms with Crippen molar-refractivity contribution in [2.24, 2.45) is 10.6 Å². The van der Waals surface area contributed by atoms with Crippen LogP contribution >= 0.6 is 11.6 Å². The molecular weight excluding hydrogens is 334 g/mol. The summed E-state index contributed by atoms with van der Waals surface area (Å²) in [7, 11) is 0. The molecule has 0 saturated carbocycles. The second-order valence-corrected chi connectivity index (χ2v) is 6.28. The zero-order chi connectivity index (χ0) is 17.7. The maximum atomic E-state index is 12.4. The van der Waals surface area contributed by atoms with E-state index in [1.54, 1.807) is 45.0 Å². The van der Waals surface area contributed by atoms with E-state index in [2.05, 4.69) is 20.6 Å². The quantitative estimate of drug-likeness (QED) is 0.397. The van der Waals surface area contributed by atoms with Crippen molar-refractivity contribution >= 4 is 35.0 Å². The van der Waals surface area contributed by atoms with Crippen LogP contribution in [0.1, 0.15) is 20.8 Å². The lowest BCUT2D eigenvalue weighted by Gasteiger charge is -2.16. The Morgan fingerprint density at radius 1 is 1.25 bits per heavy atom. The number of nitrogens with zero attached hydrogens (tertiary/aromatic N) is 4. The second kappa shape index (κ2) is 7.22. The highest BCUT2D eigenvalue weighted by molar-refractivity contribution is 6.40. The maximum Gasteiger partial charge on any atom is 0.437 e. The van der Waals surface area contributed by atoms with Gasteiger partial charge in [-0.05, 0) is 29.4 Å². The molecule has 1 heterocycles. The highest BCUT2D eigenvalue weighted by Crippen LogP contribution is 2.16. The molecular formula is C15H16ClN5O3. The van der Waals surface area contributed by atoms with Gasteiger partial charge in [0.2, 0.25) is 11.6 Å². The van der Waals surface area contributed by atoms with Gasteiger partial charge in [0, 0.05) is 16.1 Å². The molecule has 0 bridgehead atoms. The number of aromatic nitrogens is 3. The van der Waals surface area contributed by atoms with Crippen molar-refractivity contribution in [3.63, 3.8) is 0 Å². The molecule has 9 heteroatoms. The van der Waals surface area contributed by atoms with E-state index in [-0.39, 0.29) is 11.6 Å². The fraction of sp³-hybridized carbons (Fsp3) is 0.267. The third-order valence-corrected chi connectivity index (χ3v) is 3.08. The van der Waals surface area contributed by atoms with E-state index in [4.69, 9.17) is 16.4 Å². The minimum absolute atomic E-state index is 0.147. The molecule has 0 aliphatic carbocycles. The first-order valence-corrected chi connectivity index (χ1v) is 7.36.